The van der Waals surface area contributed by atoms with Gasteiger partial charge in [-0.05, 0) is 25.0 Å². The van der Waals surface area contributed by atoms with E-state index in [-0.39, 0.29) is 18.3 Å². The minimum Gasteiger partial charge on any atom is -0.351 e. The van der Waals surface area contributed by atoms with E-state index in [2.05, 4.69) is 15.7 Å². The van der Waals surface area contributed by atoms with Crippen LogP contribution in [0.4, 0.5) is 0 Å². The van der Waals surface area contributed by atoms with Gasteiger partial charge in [-0.1, -0.05) is 31.7 Å². The zero-order valence-corrected chi connectivity index (χ0v) is 14.1. The third-order valence-electron chi connectivity index (χ3n) is 4.37. The first-order chi connectivity index (χ1) is 10.8. The van der Waals surface area contributed by atoms with E-state index in [4.69, 9.17) is 0 Å². The topological polar surface area (TPSA) is 58.4 Å². The Hall–Kier alpha value is -1.59. The molecule has 2 aromatic heterocycles. The summed E-state index contributed by atoms with van der Waals surface area (Å²) in [5.41, 5.74) is 1.48. The van der Waals surface area contributed by atoms with Gasteiger partial charge in [0.25, 0.3) is 5.91 Å². The highest BCUT2D eigenvalue weighted by Crippen LogP contribution is 2.16. The maximum atomic E-state index is 12.2. The van der Waals surface area contributed by atoms with Gasteiger partial charge in [0.15, 0.2) is 0 Å². The SMILES string of the molecule is Cl.O=C(NCCNC1CCCCCC1)c1cnn2ccccc12. The zero-order chi connectivity index (χ0) is 15.2. The van der Waals surface area contributed by atoms with Crippen molar-refractivity contribution in [2.45, 2.75) is 44.6 Å². The summed E-state index contributed by atoms with van der Waals surface area (Å²) in [5, 5.41) is 10.7. The number of carbonyl (C=O) groups excluding carboxylic acids is 1. The van der Waals surface area contributed by atoms with Crippen LogP contribution in [0.15, 0.2) is 30.6 Å². The lowest BCUT2D eigenvalue weighted by Crippen LogP contribution is -2.36. The van der Waals surface area contributed by atoms with Crippen molar-refractivity contribution in [3.63, 3.8) is 0 Å². The number of nitrogens with zero attached hydrogens (tertiary/aromatic N) is 2. The van der Waals surface area contributed by atoms with Crippen molar-refractivity contribution >= 4 is 23.8 Å². The van der Waals surface area contributed by atoms with Crippen LogP contribution in [0.25, 0.3) is 5.52 Å². The first-order valence-corrected chi connectivity index (χ1v) is 8.28. The fourth-order valence-corrected chi connectivity index (χ4v) is 3.14. The van der Waals surface area contributed by atoms with Crippen LogP contribution in [0.2, 0.25) is 0 Å². The molecular formula is C17H25ClN4O. The molecule has 5 nitrogen and oxygen atoms in total. The molecule has 0 saturated heterocycles. The Labute approximate surface area is 143 Å². The van der Waals surface area contributed by atoms with Crippen molar-refractivity contribution in [1.82, 2.24) is 20.2 Å². The van der Waals surface area contributed by atoms with Crippen LogP contribution >= 0.6 is 12.4 Å². The van der Waals surface area contributed by atoms with Crippen molar-refractivity contribution in [2.24, 2.45) is 0 Å². The number of pyridine rings is 1. The van der Waals surface area contributed by atoms with Gasteiger partial charge in [0.05, 0.1) is 17.3 Å². The van der Waals surface area contributed by atoms with Gasteiger partial charge in [0, 0.05) is 25.3 Å². The van der Waals surface area contributed by atoms with Crippen LogP contribution < -0.4 is 10.6 Å². The molecule has 0 bridgehead atoms. The minimum absolute atomic E-state index is 0. The van der Waals surface area contributed by atoms with E-state index in [0.29, 0.717) is 18.2 Å². The molecule has 23 heavy (non-hydrogen) atoms. The number of amides is 1. The Morgan fingerprint density at radius 2 is 1.96 bits per heavy atom. The number of rotatable bonds is 5. The molecule has 2 aromatic rings. The zero-order valence-electron chi connectivity index (χ0n) is 13.3. The van der Waals surface area contributed by atoms with Crippen LogP contribution in [0.3, 0.4) is 0 Å². The Bertz CT molecular complexity index is 620. The van der Waals surface area contributed by atoms with E-state index in [9.17, 15) is 4.79 Å². The molecule has 0 spiro atoms. The highest BCUT2D eigenvalue weighted by molar-refractivity contribution is 6.00. The van der Waals surface area contributed by atoms with E-state index in [1.54, 1.807) is 10.7 Å². The molecule has 6 heteroatoms. The molecule has 1 fully saturated rings. The first kappa shape index (κ1) is 17.8. The molecular weight excluding hydrogens is 312 g/mol. The number of hydrogen-bond acceptors (Lipinski definition) is 3. The number of halogens is 1. The predicted molar refractivity (Wildman–Crippen MR) is 94.3 cm³/mol. The van der Waals surface area contributed by atoms with Gasteiger partial charge in [-0.3, -0.25) is 4.79 Å². The standard InChI is InChI=1S/C17H24N4O.ClH/c22-17(15-13-20-21-12-6-5-9-16(15)21)19-11-10-18-14-7-3-1-2-4-8-14;/h5-6,9,12-14,18H,1-4,7-8,10-11H2,(H,19,22);1H. The number of carbonyl (C=O) groups is 1. The Morgan fingerprint density at radius 1 is 1.17 bits per heavy atom. The predicted octanol–water partition coefficient (Wildman–Crippen LogP) is 2.80. The molecule has 1 aliphatic carbocycles. The Morgan fingerprint density at radius 3 is 2.74 bits per heavy atom. The third kappa shape index (κ3) is 4.69. The molecule has 3 rings (SSSR count). The minimum atomic E-state index is -0.0520. The number of fused-ring (bicyclic) bond motifs is 1. The van der Waals surface area contributed by atoms with Crippen molar-refractivity contribution < 1.29 is 4.79 Å². The fraction of sp³-hybridized carbons (Fsp3) is 0.529. The summed E-state index contributed by atoms with van der Waals surface area (Å²) in [7, 11) is 0. The summed E-state index contributed by atoms with van der Waals surface area (Å²) in [6.07, 6.45) is 11.4. The molecule has 2 heterocycles. The summed E-state index contributed by atoms with van der Waals surface area (Å²) >= 11 is 0. The van der Waals surface area contributed by atoms with Gasteiger partial charge in [-0.2, -0.15) is 5.10 Å². The quantitative estimate of drug-likeness (QED) is 0.652. The Kier molecular flexibility index (Phi) is 6.86. The summed E-state index contributed by atoms with van der Waals surface area (Å²) in [6.45, 7) is 1.48. The first-order valence-electron chi connectivity index (χ1n) is 8.28. The van der Waals surface area contributed by atoms with E-state index < -0.39 is 0 Å². The smallest absolute Gasteiger partial charge is 0.255 e. The fourth-order valence-electron chi connectivity index (χ4n) is 3.14. The lowest BCUT2D eigenvalue weighted by atomic mass is 10.1. The van der Waals surface area contributed by atoms with Crippen LogP contribution in [0.1, 0.15) is 48.9 Å². The van der Waals surface area contributed by atoms with Crippen LogP contribution in [0, 0.1) is 0 Å². The van der Waals surface area contributed by atoms with Gasteiger partial charge in [0.1, 0.15) is 0 Å². The number of hydrogen-bond donors (Lipinski definition) is 2. The summed E-state index contributed by atoms with van der Waals surface area (Å²) in [6, 6.07) is 6.35. The summed E-state index contributed by atoms with van der Waals surface area (Å²) < 4.78 is 1.72. The molecule has 1 amide bonds. The molecule has 1 saturated carbocycles. The second-order valence-electron chi connectivity index (χ2n) is 5.99. The van der Waals surface area contributed by atoms with E-state index >= 15 is 0 Å². The van der Waals surface area contributed by atoms with E-state index in [0.717, 1.165) is 12.1 Å². The monoisotopic (exact) mass is 336 g/mol. The maximum Gasteiger partial charge on any atom is 0.255 e. The molecule has 1 aliphatic rings. The number of aromatic nitrogens is 2. The lowest BCUT2D eigenvalue weighted by Gasteiger charge is -2.16. The van der Waals surface area contributed by atoms with Crippen molar-refractivity contribution in [3.8, 4) is 0 Å². The molecule has 0 aliphatic heterocycles. The van der Waals surface area contributed by atoms with Crippen LogP contribution in [0.5, 0.6) is 0 Å². The maximum absolute atomic E-state index is 12.2. The molecule has 0 atom stereocenters. The van der Waals surface area contributed by atoms with Crippen molar-refractivity contribution in [3.05, 3.63) is 36.2 Å². The second kappa shape index (κ2) is 8.89. The normalized spacial score (nSPS) is 15.8. The molecule has 126 valence electrons. The summed E-state index contributed by atoms with van der Waals surface area (Å²) in [5.74, 6) is -0.0520. The highest BCUT2D eigenvalue weighted by atomic mass is 35.5. The Balaban J connectivity index is 0.00000192. The molecule has 2 N–H and O–H groups in total. The van der Waals surface area contributed by atoms with Gasteiger partial charge in [-0.25, -0.2) is 4.52 Å². The largest absolute Gasteiger partial charge is 0.351 e. The van der Waals surface area contributed by atoms with E-state index in [1.165, 1.54) is 38.5 Å². The van der Waals surface area contributed by atoms with Gasteiger partial charge in [0.2, 0.25) is 0 Å². The molecule has 0 aromatic carbocycles. The highest BCUT2D eigenvalue weighted by Gasteiger charge is 2.13. The average molecular weight is 337 g/mol. The van der Waals surface area contributed by atoms with Gasteiger partial charge >= 0.3 is 0 Å². The average Bonchev–Trinajstić information content (AvgIpc) is 2.80. The number of nitrogens with one attached hydrogen (secondary N) is 2. The second-order valence-corrected chi connectivity index (χ2v) is 5.99. The molecule has 0 radical (unpaired) electrons. The van der Waals surface area contributed by atoms with Crippen LogP contribution in [-0.2, 0) is 0 Å². The third-order valence-corrected chi connectivity index (χ3v) is 4.37. The van der Waals surface area contributed by atoms with E-state index in [1.807, 2.05) is 24.4 Å². The van der Waals surface area contributed by atoms with Crippen LogP contribution in [-0.4, -0.2) is 34.7 Å². The van der Waals surface area contributed by atoms with Gasteiger partial charge < -0.3 is 10.6 Å². The van der Waals surface area contributed by atoms with Gasteiger partial charge in [-0.15, -0.1) is 12.4 Å². The summed E-state index contributed by atoms with van der Waals surface area (Å²) in [4.78, 5) is 12.2. The lowest BCUT2D eigenvalue weighted by molar-refractivity contribution is 0.0955. The van der Waals surface area contributed by atoms with Crippen molar-refractivity contribution in [2.75, 3.05) is 13.1 Å². The van der Waals surface area contributed by atoms with Crippen molar-refractivity contribution in [1.29, 1.82) is 0 Å². The molecule has 0 unspecified atom stereocenters.